The van der Waals surface area contributed by atoms with Gasteiger partial charge in [-0.15, -0.1) is 11.3 Å². The van der Waals surface area contributed by atoms with Crippen molar-refractivity contribution >= 4 is 22.3 Å². The van der Waals surface area contributed by atoms with Crippen LogP contribution in [0.15, 0.2) is 40.3 Å². The van der Waals surface area contributed by atoms with Gasteiger partial charge in [-0.2, -0.15) is 0 Å². The SMILES string of the molecule is Cc1c(CN2CCCC[C@@H]2c2nccs2)oc2ccccc12. The predicted molar refractivity (Wildman–Crippen MR) is 90.1 cm³/mol. The van der Waals surface area contributed by atoms with E-state index in [4.69, 9.17) is 4.42 Å². The third kappa shape index (κ3) is 2.46. The molecule has 0 amide bonds. The first-order valence-corrected chi connectivity index (χ1v) is 8.81. The number of furan rings is 1. The number of nitrogens with zero attached hydrogens (tertiary/aromatic N) is 2. The Labute approximate surface area is 134 Å². The first-order chi connectivity index (χ1) is 10.8. The lowest BCUT2D eigenvalue weighted by Crippen LogP contribution is -2.32. The molecule has 1 aliphatic heterocycles. The Morgan fingerprint density at radius 3 is 3.05 bits per heavy atom. The normalized spacial score (nSPS) is 19.8. The zero-order chi connectivity index (χ0) is 14.9. The standard InChI is InChI=1S/C18H20N2OS/c1-13-14-6-2-3-8-16(14)21-17(13)12-20-10-5-4-7-15(20)18-19-9-11-22-18/h2-3,6,8-9,11,15H,4-5,7,10,12H2,1H3/t15-/m1/s1. The number of hydrogen-bond acceptors (Lipinski definition) is 4. The molecule has 1 aliphatic rings. The minimum absolute atomic E-state index is 0.446. The molecule has 0 unspecified atom stereocenters. The molecule has 0 radical (unpaired) electrons. The summed E-state index contributed by atoms with van der Waals surface area (Å²) in [4.78, 5) is 7.08. The summed E-state index contributed by atoms with van der Waals surface area (Å²) in [5, 5.41) is 4.56. The van der Waals surface area contributed by atoms with Gasteiger partial charge in [-0.05, 0) is 37.9 Å². The van der Waals surface area contributed by atoms with Gasteiger partial charge in [-0.1, -0.05) is 24.6 Å². The second-order valence-corrected chi connectivity index (χ2v) is 6.92. The molecule has 2 aromatic heterocycles. The Kier molecular flexibility index (Phi) is 3.72. The molecule has 4 heteroatoms. The van der Waals surface area contributed by atoms with E-state index in [1.807, 2.05) is 12.3 Å². The number of piperidine rings is 1. The second-order valence-electron chi connectivity index (χ2n) is 6.00. The van der Waals surface area contributed by atoms with E-state index in [0.29, 0.717) is 6.04 Å². The molecule has 1 fully saturated rings. The zero-order valence-electron chi connectivity index (χ0n) is 12.8. The summed E-state index contributed by atoms with van der Waals surface area (Å²) < 4.78 is 6.11. The minimum atomic E-state index is 0.446. The summed E-state index contributed by atoms with van der Waals surface area (Å²) in [5.74, 6) is 1.10. The van der Waals surface area contributed by atoms with Crippen LogP contribution in [0.3, 0.4) is 0 Å². The van der Waals surface area contributed by atoms with Gasteiger partial charge in [0.1, 0.15) is 16.4 Å². The number of thiazole rings is 1. The molecule has 0 saturated carbocycles. The Hall–Kier alpha value is -1.65. The van der Waals surface area contributed by atoms with Crippen molar-refractivity contribution in [2.24, 2.45) is 0 Å². The van der Waals surface area contributed by atoms with Crippen LogP contribution in [0, 0.1) is 6.92 Å². The number of aryl methyl sites for hydroxylation is 1. The zero-order valence-corrected chi connectivity index (χ0v) is 13.6. The second kappa shape index (κ2) is 5.86. The molecule has 0 spiro atoms. The highest BCUT2D eigenvalue weighted by molar-refractivity contribution is 7.09. The van der Waals surface area contributed by atoms with E-state index in [2.05, 4.69) is 40.4 Å². The molecule has 3 heterocycles. The maximum Gasteiger partial charge on any atom is 0.134 e. The molecular formula is C18H20N2OS. The Morgan fingerprint density at radius 2 is 2.23 bits per heavy atom. The summed E-state index contributed by atoms with van der Waals surface area (Å²) in [7, 11) is 0. The van der Waals surface area contributed by atoms with Crippen molar-refractivity contribution in [2.75, 3.05) is 6.54 Å². The van der Waals surface area contributed by atoms with Crippen LogP contribution in [0.5, 0.6) is 0 Å². The third-order valence-electron chi connectivity index (χ3n) is 4.64. The summed E-state index contributed by atoms with van der Waals surface area (Å²) in [6.45, 7) is 4.18. The van der Waals surface area contributed by atoms with E-state index in [1.54, 1.807) is 11.3 Å². The Bertz CT molecular complexity index is 763. The van der Waals surface area contributed by atoms with E-state index in [9.17, 15) is 0 Å². The quantitative estimate of drug-likeness (QED) is 0.687. The van der Waals surface area contributed by atoms with Gasteiger partial charge in [0.2, 0.25) is 0 Å². The van der Waals surface area contributed by atoms with E-state index in [1.165, 1.54) is 35.2 Å². The average Bonchev–Trinajstić information content (AvgIpc) is 3.18. The van der Waals surface area contributed by atoms with Crippen LogP contribution >= 0.6 is 11.3 Å². The lowest BCUT2D eigenvalue weighted by Gasteiger charge is -2.33. The van der Waals surface area contributed by atoms with E-state index in [0.717, 1.165) is 24.4 Å². The molecule has 4 rings (SSSR count). The van der Waals surface area contributed by atoms with Crippen molar-refractivity contribution in [3.8, 4) is 0 Å². The van der Waals surface area contributed by atoms with Crippen LogP contribution in [0.2, 0.25) is 0 Å². The fourth-order valence-electron chi connectivity index (χ4n) is 3.42. The number of aromatic nitrogens is 1. The van der Waals surface area contributed by atoms with Gasteiger partial charge in [0.25, 0.3) is 0 Å². The summed E-state index contributed by atoms with van der Waals surface area (Å²) in [6.07, 6.45) is 5.67. The Morgan fingerprint density at radius 1 is 1.32 bits per heavy atom. The number of benzene rings is 1. The van der Waals surface area contributed by atoms with E-state index < -0.39 is 0 Å². The van der Waals surface area contributed by atoms with Crippen LogP contribution in [0.4, 0.5) is 0 Å². The van der Waals surface area contributed by atoms with E-state index >= 15 is 0 Å². The van der Waals surface area contributed by atoms with Gasteiger partial charge in [-0.25, -0.2) is 4.98 Å². The first kappa shape index (κ1) is 14.0. The van der Waals surface area contributed by atoms with Gasteiger partial charge < -0.3 is 4.42 Å². The number of fused-ring (bicyclic) bond motifs is 1. The fraction of sp³-hybridized carbons (Fsp3) is 0.389. The summed E-state index contributed by atoms with van der Waals surface area (Å²) in [5.41, 5.74) is 2.27. The largest absolute Gasteiger partial charge is 0.459 e. The van der Waals surface area contributed by atoms with Crippen molar-refractivity contribution in [1.29, 1.82) is 0 Å². The lowest BCUT2D eigenvalue weighted by atomic mass is 10.0. The first-order valence-electron chi connectivity index (χ1n) is 7.93. The molecule has 1 saturated heterocycles. The van der Waals surface area contributed by atoms with Gasteiger partial charge in [0.15, 0.2) is 0 Å². The van der Waals surface area contributed by atoms with Crippen LogP contribution in [0.25, 0.3) is 11.0 Å². The van der Waals surface area contributed by atoms with E-state index in [-0.39, 0.29) is 0 Å². The van der Waals surface area contributed by atoms with Crippen LogP contribution in [0.1, 0.15) is 41.6 Å². The maximum atomic E-state index is 6.11. The van der Waals surface area contributed by atoms with Crippen molar-refractivity contribution in [1.82, 2.24) is 9.88 Å². The van der Waals surface area contributed by atoms with Gasteiger partial charge in [0, 0.05) is 17.0 Å². The molecule has 114 valence electrons. The molecule has 0 bridgehead atoms. The predicted octanol–water partition coefficient (Wildman–Crippen LogP) is 4.92. The average molecular weight is 312 g/mol. The molecule has 1 aromatic carbocycles. The molecule has 22 heavy (non-hydrogen) atoms. The topological polar surface area (TPSA) is 29.3 Å². The molecule has 1 atom stereocenters. The van der Waals surface area contributed by atoms with Gasteiger partial charge in [0.05, 0.1) is 12.6 Å². The maximum absolute atomic E-state index is 6.11. The molecule has 0 N–H and O–H groups in total. The Balaban J connectivity index is 1.64. The van der Waals surface area contributed by atoms with Gasteiger partial charge in [-0.3, -0.25) is 4.90 Å². The van der Waals surface area contributed by atoms with Crippen LogP contribution < -0.4 is 0 Å². The van der Waals surface area contributed by atoms with Crippen molar-refractivity contribution in [3.63, 3.8) is 0 Å². The summed E-state index contributed by atoms with van der Waals surface area (Å²) in [6, 6.07) is 8.76. The highest BCUT2D eigenvalue weighted by atomic mass is 32.1. The third-order valence-corrected chi connectivity index (χ3v) is 5.52. The number of hydrogen-bond donors (Lipinski definition) is 0. The fourth-order valence-corrected chi connectivity index (χ4v) is 4.23. The smallest absolute Gasteiger partial charge is 0.134 e. The van der Waals surface area contributed by atoms with Crippen LogP contribution in [-0.4, -0.2) is 16.4 Å². The van der Waals surface area contributed by atoms with Crippen molar-refractivity contribution < 1.29 is 4.42 Å². The number of rotatable bonds is 3. The lowest BCUT2D eigenvalue weighted by molar-refractivity contribution is 0.130. The van der Waals surface area contributed by atoms with Crippen LogP contribution in [-0.2, 0) is 6.54 Å². The van der Waals surface area contributed by atoms with Gasteiger partial charge >= 0.3 is 0 Å². The van der Waals surface area contributed by atoms with Crippen molar-refractivity contribution in [3.05, 3.63) is 52.2 Å². The molecule has 3 nitrogen and oxygen atoms in total. The molecule has 0 aliphatic carbocycles. The molecular weight excluding hydrogens is 292 g/mol. The summed E-state index contributed by atoms with van der Waals surface area (Å²) >= 11 is 1.77. The van der Waals surface area contributed by atoms with Crippen molar-refractivity contribution in [2.45, 2.75) is 38.8 Å². The highest BCUT2D eigenvalue weighted by Crippen LogP contribution is 2.35. The highest BCUT2D eigenvalue weighted by Gasteiger charge is 2.27. The minimum Gasteiger partial charge on any atom is -0.459 e. The monoisotopic (exact) mass is 312 g/mol. The molecule has 3 aromatic rings. The number of para-hydroxylation sites is 1. The number of likely N-dealkylation sites (tertiary alicyclic amines) is 1.